The molecule has 0 saturated heterocycles. The highest BCUT2D eigenvalue weighted by Crippen LogP contribution is 2.37. The Bertz CT molecular complexity index is 1210. The molecular weight excluding hydrogens is 396 g/mol. The maximum atomic E-state index is 6.54. The fourth-order valence-electron chi connectivity index (χ4n) is 3.68. The van der Waals surface area contributed by atoms with E-state index in [9.17, 15) is 0 Å². The maximum Gasteiger partial charge on any atom is 0.257 e. The van der Waals surface area contributed by atoms with Crippen LogP contribution in [0.5, 0.6) is 5.88 Å². The Morgan fingerprint density at radius 2 is 1.77 bits per heavy atom. The zero-order chi connectivity index (χ0) is 20.5. The molecule has 1 aliphatic rings. The van der Waals surface area contributed by atoms with Crippen LogP contribution in [0.4, 0.5) is 5.82 Å². The van der Waals surface area contributed by atoms with Crippen LogP contribution in [0.2, 0.25) is 5.02 Å². The molecule has 1 aliphatic carbocycles. The summed E-state index contributed by atoms with van der Waals surface area (Å²) in [6, 6.07) is 17.7. The van der Waals surface area contributed by atoms with E-state index in [1.165, 1.54) is 19.3 Å². The second-order valence-corrected chi connectivity index (χ2v) is 8.03. The Hall–Kier alpha value is -3.18. The first kappa shape index (κ1) is 18.8. The lowest BCUT2D eigenvalue weighted by Crippen LogP contribution is -2.20. The SMILES string of the molecule is Nc1nc(-c2ccccc2)c(-c2cc(Cl)c3ncccc3c2)nc1OCC1CCC1. The molecule has 0 unspecified atom stereocenters. The largest absolute Gasteiger partial charge is 0.475 e. The van der Waals surface area contributed by atoms with E-state index in [0.717, 1.165) is 22.0 Å². The predicted octanol–water partition coefficient (Wildman–Crippen LogP) is 5.77. The number of anilines is 1. The van der Waals surface area contributed by atoms with Crippen molar-refractivity contribution in [2.75, 3.05) is 12.3 Å². The van der Waals surface area contributed by atoms with Gasteiger partial charge < -0.3 is 10.5 Å². The molecule has 6 heteroatoms. The van der Waals surface area contributed by atoms with Crippen molar-refractivity contribution in [1.82, 2.24) is 15.0 Å². The average Bonchev–Trinajstić information content (AvgIpc) is 2.74. The van der Waals surface area contributed by atoms with Gasteiger partial charge in [0.1, 0.15) is 5.69 Å². The van der Waals surface area contributed by atoms with E-state index in [0.29, 0.717) is 40.6 Å². The van der Waals surface area contributed by atoms with Crippen LogP contribution in [0, 0.1) is 5.92 Å². The lowest BCUT2D eigenvalue weighted by molar-refractivity contribution is 0.176. The average molecular weight is 417 g/mol. The Balaban J connectivity index is 1.65. The van der Waals surface area contributed by atoms with Crippen LogP contribution in [-0.4, -0.2) is 21.6 Å². The van der Waals surface area contributed by atoms with Crippen LogP contribution < -0.4 is 10.5 Å². The van der Waals surface area contributed by atoms with E-state index in [-0.39, 0.29) is 0 Å². The van der Waals surface area contributed by atoms with Crippen molar-refractivity contribution < 1.29 is 4.74 Å². The van der Waals surface area contributed by atoms with Crippen molar-refractivity contribution in [1.29, 1.82) is 0 Å². The van der Waals surface area contributed by atoms with Crippen LogP contribution in [0.3, 0.4) is 0 Å². The normalized spacial score (nSPS) is 13.9. The molecule has 150 valence electrons. The molecule has 5 nitrogen and oxygen atoms in total. The summed E-state index contributed by atoms with van der Waals surface area (Å²) in [6.07, 6.45) is 5.38. The lowest BCUT2D eigenvalue weighted by Gasteiger charge is -2.25. The number of halogens is 1. The van der Waals surface area contributed by atoms with Gasteiger partial charge in [-0.1, -0.05) is 54.4 Å². The van der Waals surface area contributed by atoms with Crippen LogP contribution in [0.1, 0.15) is 19.3 Å². The molecule has 1 saturated carbocycles. The summed E-state index contributed by atoms with van der Waals surface area (Å²) in [6.45, 7) is 0.616. The van der Waals surface area contributed by atoms with Gasteiger partial charge in [-0.25, -0.2) is 9.97 Å². The zero-order valence-corrected chi connectivity index (χ0v) is 17.1. The number of pyridine rings is 1. The highest BCUT2D eigenvalue weighted by molar-refractivity contribution is 6.35. The van der Waals surface area contributed by atoms with Crippen molar-refractivity contribution in [3.05, 3.63) is 65.8 Å². The molecule has 0 radical (unpaired) electrons. The molecule has 2 heterocycles. The fraction of sp³-hybridized carbons (Fsp3) is 0.208. The Morgan fingerprint density at radius 3 is 2.53 bits per heavy atom. The molecule has 5 rings (SSSR count). The number of fused-ring (bicyclic) bond motifs is 1. The van der Waals surface area contributed by atoms with Gasteiger partial charge in [-0.05, 0) is 37.0 Å². The van der Waals surface area contributed by atoms with E-state index in [1.54, 1.807) is 6.20 Å². The molecule has 0 aliphatic heterocycles. The van der Waals surface area contributed by atoms with Crippen LogP contribution >= 0.6 is 11.6 Å². The molecular formula is C24H21ClN4O. The van der Waals surface area contributed by atoms with Crippen LogP contribution in [0.25, 0.3) is 33.4 Å². The number of hydrogen-bond donors (Lipinski definition) is 1. The smallest absolute Gasteiger partial charge is 0.257 e. The van der Waals surface area contributed by atoms with Gasteiger partial charge in [0.25, 0.3) is 5.88 Å². The van der Waals surface area contributed by atoms with E-state index in [1.807, 2.05) is 54.6 Å². The van der Waals surface area contributed by atoms with Gasteiger partial charge in [0, 0.05) is 22.7 Å². The number of aromatic nitrogens is 3. The first-order valence-corrected chi connectivity index (χ1v) is 10.5. The topological polar surface area (TPSA) is 73.9 Å². The Morgan fingerprint density at radius 1 is 0.967 bits per heavy atom. The van der Waals surface area contributed by atoms with E-state index < -0.39 is 0 Å². The molecule has 0 amide bonds. The zero-order valence-electron chi connectivity index (χ0n) is 16.4. The van der Waals surface area contributed by atoms with Gasteiger partial charge in [0.05, 0.1) is 22.8 Å². The summed E-state index contributed by atoms with van der Waals surface area (Å²) in [7, 11) is 0. The molecule has 1 fully saturated rings. The van der Waals surface area contributed by atoms with Crippen molar-refractivity contribution in [2.45, 2.75) is 19.3 Å². The van der Waals surface area contributed by atoms with Gasteiger partial charge in [0.15, 0.2) is 5.82 Å². The predicted molar refractivity (Wildman–Crippen MR) is 120 cm³/mol. The number of nitrogens with zero attached hydrogens (tertiary/aromatic N) is 3. The fourth-order valence-corrected chi connectivity index (χ4v) is 3.95. The first-order chi connectivity index (χ1) is 14.7. The third-order valence-electron chi connectivity index (χ3n) is 5.55. The minimum Gasteiger partial charge on any atom is -0.475 e. The molecule has 30 heavy (non-hydrogen) atoms. The standard InChI is InChI=1S/C24H21ClN4O/c25-19-13-18(12-17-10-5-11-27-20(17)19)22-21(16-8-2-1-3-9-16)28-23(26)24(29-22)30-14-15-6-4-7-15/h1-3,5,8-13,15H,4,6-7,14H2,(H2,26,28). The highest BCUT2D eigenvalue weighted by atomic mass is 35.5. The molecule has 2 aromatic carbocycles. The van der Waals surface area contributed by atoms with Gasteiger partial charge in [0.2, 0.25) is 0 Å². The number of rotatable bonds is 5. The van der Waals surface area contributed by atoms with Crippen LogP contribution in [0.15, 0.2) is 60.8 Å². The molecule has 2 N–H and O–H groups in total. The van der Waals surface area contributed by atoms with Crippen LogP contribution in [-0.2, 0) is 0 Å². The summed E-state index contributed by atoms with van der Waals surface area (Å²) >= 11 is 6.54. The second kappa shape index (κ2) is 7.92. The number of hydrogen-bond acceptors (Lipinski definition) is 5. The number of nitrogens with two attached hydrogens (primary N) is 1. The molecule has 4 aromatic rings. The number of nitrogen functional groups attached to an aromatic ring is 1. The lowest BCUT2D eigenvalue weighted by atomic mass is 9.86. The van der Waals surface area contributed by atoms with E-state index in [4.69, 9.17) is 27.1 Å². The summed E-state index contributed by atoms with van der Waals surface area (Å²) < 4.78 is 5.97. The summed E-state index contributed by atoms with van der Waals surface area (Å²) in [5.74, 6) is 1.24. The number of benzene rings is 2. The third-order valence-corrected chi connectivity index (χ3v) is 5.84. The third kappa shape index (κ3) is 3.57. The highest BCUT2D eigenvalue weighted by Gasteiger charge is 2.21. The Kier molecular flexibility index (Phi) is 4.97. The molecule has 0 bridgehead atoms. The van der Waals surface area contributed by atoms with Gasteiger partial charge in [-0.3, -0.25) is 4.98 Å². The van der Waals surface area contributed by atoms with Crippen molar-refractivity contribution in [2.24, 2.45) is 5.92 Å². The number of ether oxygens (including phenoxy) is 1. The quantitative estimate of drug-likeness (QED) is 0.446. The monoisotopic (exact) mass is 416 g/mol. The minimum atomic E-state index is 0.297. The molecule has 0 atom stereocenters. The van der Waals surface area contributed by atoms with E-state index >= 15 is 0 Å². The summed E-state index contributed by atoms with van der Waals surface area (Å²) in [5, 5.41) is 1.51. The van der Waals surface area contributed by atoms with E-state index in [2.05, 4.69) is 9.97 Å². The maximum absolute atomic E-state index is 6.54. The second-order valence-electron chi connectivity index (χ2n) is 7.62. The molecule has 2 aromatic heterocycles. The molecule has 0 spiro atoms. The summed E-state index contributed by atoms with van der Waals surface area (Å²) in [5.41, 5.74) is 10.2. The van der Waals surface area contributed by atoms with Crippen molar-refractivity contribution in [3.63, 3.8) is 0 Å². The van der Waals surface area contributed by atoms with Crippen molar-refractivity contribution in [3.8, 4) is 28.4 Å². The van der Waals surface area contributed by atoms with Crippen molar-refractivity contribution >= 4 is 28.3 Å². The van der Waals surface area contributed by atoms with Gasteiger partial charge in [-0.2, -0.15) is 0 Å². The van der Waals surface area contributed by atoms with Gasteiger partial charge in [-0.15, -0.1) is 0 Å². The first-order valence-electron chi connectivity index (χ1n) is 10.1. The Labute approximate surface area is 179 Å². The summed E-state index contributed by atoms with van der Waals surface area (Å²) in [4.78, 5) is 13.9. The van der Waals surface area contributed by atoms with Gasteiger partial charge >= 0.3 is 0 Å². The minimum absolute atomic E-state index is 0.297.